The molecule has 1 aliphatic heterocycles. The van der Waals surface area contributed by atoms with E-state index in [2.05, 4.69) is 34.5 Å². The van der Waals surface area contributed by atoms with E-state index in [-0.39, 0.29) is 5.91 Å². The molecule has 2 atom stereocenters. The highest BCUT2D eigenvalue weighted by Crippen LogP contribution is 2.31. The fourth-order valence-electron chi connectivity index (χ4n) is 3.33. The second kappa shape index (κ2) is 7.40. The number of amides is 1. The van der Waals surface area contributed by atoms with E-state index in [1.54, 1.807) is 0 Å². The van der Waals surface area contributed by atoms with Gasteiger partial charge in [-0.3, -0.25) is 9.69 Å². The molecule has 0 radical (unpaired) electrons. The topological polar surface area (TPSA) is 58.4 Å². The minimum Gasteiger partial charge on any atom is -0.330 e. The summed E-state index contributed by atoms with van der Waals surface area (Å²) in [6.07, 6.45) is 0. The van der Waals surface area contributed by atoms with E-state index in [4.69, 9.17) is 5.73 Å². The van der Waals surface area contributed by atoms with Crippen molar-refractivity contribution < 1.29 is 4.79 Å². The fourth-order valence-corrected chi connectivity index (χ4v) is 3.33. The number of carbonyl (C=O) groups is 1. The van der Waals surface area contributed by atoms with Gasteiger partial charge in [0, 0.05) is 24.7 Å². The summed E-state index contributed by atoms with van der Waals surface area (Å²) in [7, 11) is 0. The van der Waals surface area contributed by atoms with Gasteiger partial charge in [0.05, 0.1) is 6.54 Å². The summed E-state index contributed by atoms with van der Waals surface area (Å²) < 4.78 is 0. The maximum absolute atomic E-state index is 12.2. The van der Waals surface area contributed by atoms with E-state index in [1.807, 2.05) is 36.4 Å². The molecule has 0 aromatic heterocycles. The van der Waals surface area contributed by atoms with Crippen molar-refractivity contribution in [2.24, 2.45) is 11.7 Å². The Hall–Kier alpha value is -2.17. The molecular weight excluding hydrogens is 286 g/mol. The Morgan fingerprint density at radius 2 is 1.70 bits per heavy atom. The molecule has 4 nitrogen and oxygen atoms in total. The molecule has 1 fully saturated rings. The summed E-state index contributed by atoms with van der Waals surface area (Å²) >= 11 is 0. The third kappa shape index (κ3) is 3.97. The highest BCUT2D eigenvalue weighted by atomic mass is 16.2. The Morgan fingerprint density at radius 1 is 1.04 bits per heavy atom. The lowest BCUT2D eigenvalue weighted by Gasteiger charge is -2.16. The predicted octanol–water partition coefficient (Wildman–Crippen LogP) is 2.30. The van der Waals surface area contributed by atoms with Crippen molar-refractivity contribution in [3.63, 3.8) is 0 Å². The molecule has 4 heteroatoms. The molecule has 1 heterocycles. The summed E-state index contributed by atoms with van der Waals surface area (Å²) in [6.45, 7) is 2.82. The van der Waals surface area contributed by atoms with E-state index in [0.717, 1.165) is 18.8 Å². The lowest BCUT2D eigenvalue weighted by molar-refractivity contribution is -0.117. The summed E-state index contributed by atoms with van der Waals surface area (Å²) in [5.41, 5.74) is 8.10. The van der Waals surface area contributed by atoms with Gasteiger partial charge in [-0.1, -0.05) is 48.5 Å². The summed E-state index contributed by atoms with van der Waals surface area (Å²) in [6, 6.07) is 20.0. The van der Waals surface area contributed by atoms with E-state index >= 15 is 0 Å². The zero-order chi connectivity index (χ0) is 16.1. The number of likely N-dealkylation sites (tertiary alicyclic amines) is 1. The van der Waals surface area contributed by atoms with Crippen LogP contribution in [0.4, 0.5) is 5.69 Å². The van der Waals surface area contributed by atoms with Gasteiger partial charge in [-0.2, -0.15) is 0 Å². The first kappa shape index (κ1) is 15.7. The van der Waals surface area contributed by atoms with E-state index < -0.39 is 0 Å². The fraction of sp³-hybridized carbons (Fsp3) is 0.316. The predicted molar refractivity (Wildman–Crippen MR) is 93.2 cm³/mol. The number of nitrogens with two attached hydrogens (primary N) is 1. The van der Waals surface area contributed by atoms with Gasteiger partial charge in [-0.05, 0) is 30.2 Å². The maximum Gasteiger partial charge on any atom is 0.238 e. The molecule has 2 aromatic carbocycles. The lowest BCUT2D eigenvalue weighted by Crippen LogP contribution is -2.32. The minimum atomic E-state index is 0.0284. The first-order valence-electron chi connectivity index (χ1n) is 8.08. The Bertz CT molecular complexity index is 630. The van der Waals surface area contributed by atoms with Crippen molar-refractivity contribution >= 4 is 11.6 Å². The number of anilines is 1. The van der Waals surface area contributed by atoms with Crippen LogP contribution in [0.2, 0.25) is 0 Å². The first-order chi connectivity index (χ1) is 11.3. The van der Waals surface area contributed by atoms with Gasteiger partial charge >= 0.3 is 0 Å². The summed E-state index contributed by atoms with van der Waals surface area (Å²) in [5, 5.41) is 2.94. The number of carbonyl (C=O) groups excluding carboxylic acids is 1. The molecular formula is C19H23N3O. The molecule has 0 spiro atoms. The van der Waals surface area contributed by atoms with Crippen molar-refractivity contribution in [1.29, 1.82) is 0 Å². The van der Waals surface area contributed by atoms with Crippen LogP contribution in [-0.2, 0) is 4.79 Å². The van der Waals surface area contributed by atoms with Gasteiger partial charge in [0.1, 0.15) is 0 Å². The third-order valence-electron chi connectivity index (χ3n) is 4.47. The van der Waals surface area contributed by atoms with Gasteiger partial charge in [-0.15, -0.1) is 0 Å². The average molecular weight is 309 g/mol. The first-order valence-corrected chi connectivity index (χ1v) is 8.08. The van der Waals surface area contributed by atoms with Crippen LogP contribution in [-0.4, -0.2) is 37.0 Å². The Kier molecular flexibility index (Phi) is 5.05. The standard InChI is InChI=1S/C19H23N3O/c20-11-16-12-22(13-18(16)15-7-3-1-4-8-15)14-19(23)21-17-9-5-2-6-10-17/h1-10,16,18H,11-14,20H2,(H,21,23)/t16-,18+/m1/s1. The molecule has 1 aliphatic rings. The molecule has 0 bridgehead atoms. The van der Waals surface area contributed by atoms with Gasteiger partial charge in [0.25, 0.3) is 0 Å². The van der Waals surface area contributed by atoms with Crippen molar-refractivity contribution in [3.05, 3.63) is 66.2 Å². The van der Waals surface area contributed by atoms with Gasteiger partial charge in [-0.25, -0.2) is 0 Å². The second-order valence-electron chi connectivity index (χ2n) is 6.12. The van der Waals surface area contributed by atoms with E-state index in [9.17, 15) is 4.79 Å². The van der Waals surface area contributed by atoms with Crippen LogP contribution >= 0.6 is 0 Å². The van der Waals surface area contributed by atoms with Crippen LogP contribution in [0.25, 0.3) is 0 Å². The monoisotopic (exact) mass is 309 g/mol. The number of nitrogens with zero attached hydrogens (tertiary/aromatic N) is 1. The van der Waals surface area contributed by atoms with E-state index in [1.165, 1.54) is 5.56 Å². The van der Waals surface area contributed by atoms with E-state index in [0.29, 0.717) is 24.9 Å². The normalized spacial score (nSPS) is 21.3. The maximum atomic E-state index is 12.2. The Balaban J connectivity index is 1.60. The van der Waals surface area contributed by atoms with Crippen LogP contribution in [0, 0.1) is 5.92 Å². The zero-order valence-electron chi connectivity index (χ0n) is 13.2. The Morgan fingerprint density at radius 3 is 2.35 bits per heavy atom. The SMILES string of the molecule is NC[C@@H]1CN(CC(=O)Nc2ccccc2)C[C@H]1c1ccccc1. The molecule has 1 amide bonds. The largest absolute Gasteiger partial charge is 0.330 e. The molecule has 23 heavy (non-hydrogen) atoms. The average Bonchev–Trinajstić information content (AvgIpc) is 2.99. The molecule has 0 aliphatic carbocycles. The van der Waals surface area contributed by atoms with Crippen molar-refractivity contribution in [3.8, 4) is 0 Å². The number of nitrogens with one attached hydrogen (secondary N) is 1. The van der Waals surface area contributed by atoms with Crippen LogP contribution < -0.4 is 11.1 Å². The number of rotatable bonds is 5. The van der Waals surface area contributed by atoms with Crippen LogP contribution in [0.3, 0.4) is 0 Å². The smallest absolute Gasteiger partial charge is 0.238 e. The minimum absolute atomic E-state index is 0.0284. The van der Waals surface area contributed by atoms with Gasteiger partial charge in [0.15, 0.2) is 0 Å². The van der Waals surface area contributed by atoms with Gasteiger partial charge < -0.3 is 11.1 Å². The molecule has 0 saturated carbocycles. The Labute approximate surface area is 137 Å². The summed E-state index contributed by atoms with van der Waals surface area (Å²) in [5.74, 6) is 0.841. The van der Waals surface area contributed by atoms with Crippen molar-refractivity contribution in [2.45, 2.75) is 5.92 Å². The zero-order valence-corrected chi connectivity index (χ0v) is 13.2. The lowest BCUT2D eigenvalue weighted by atomic mass is 9.89. The van der Waals surface area contributed by atoms with Crippen molar-refractivity contribution in [1.82, 2.24) is 4.90 Å². The molecule has 3 N–H and O–H groups in total. The second-order valence-corrected chi connectivity index (χ2v) is 6.12. The molecule has 2 aromatic rings. The van der Waals surface area contributed by atoms with Crippen LogP contribution in [0.5, 0.6) is 0 Å². The quantitative estimate of drug-likeness (QED) is 0.891. The molecule has 1 saturated heterocycles. The highest BCUT2D eigenvalue weighted by molar-refractivity contribution is 5.92. The highest BCUT2D eigenvalue weighted by Gasteiger charge is 2.33. The van der Waals surface area contributed by atoms with Crippen LogP contribution in [0.1, 0.15) is 11.5 Å². The van der Waals surface area contributed by atoms with Crippen molar-refractivity contribution in [2.75, 3.05) is 31.5 Å². The molecule has 0 unspecified atom stereocenters. The molecule has 3 rings (SSSR count). The summed E-state index contributed by atoms with van der Waals surface area (Å²) in [4.78, 5) is 14.4. The molecule has 120 valence electrons. The third-order valence-corrected chi connectivity index (χ3v) is 4.47. The number of para-hydroxylation sites is 1. The van der Waals surface area contributed by atoms with Gasteiger partial charge in [0.2, 0.25) is 5.91 Å². The van der Waals surface area contributed by atoms with Crippen LogP contribution in [0.15, 0.2) is 60.7 Å². The number of hydrogen-bond donors (Lipinski definition) is 2. The number of benzene rings is 2. The number of hydrogen-bond acceptors (Lipinski definition) is 3.